The molecule has 0 saturated heterocycles. The Morgan fingerprint density at radius 1 is 1.12 bits per heavy atom. The van der Waals surface area contributed by atoms with E-state index in [9.17, 15) is 14.4 Å². The molecule has 2 aromatic carbocycles. The first kappa shape index (κ1) is 23.4. The maximum Gasteiger partial charge on any atom is 0.330 e. The molecule has 0 atom stereocenters. The summed E-state index contributed by atoms with van der Waals surface area (Å²) in [5.74, 6) is -0.428. The van der Waals surface area contributed by atoms with E-state index in [1.165, 1.54) is 21.2 Å². The minimum absolute atomic E-state index is 0.0439. The van der Waals surface area contributed by atoms with Gasteiger partial charge in [-0.05, 0) is 30.4 Å². The van der Waals surface area contributed by atoms with Gasteiger partial charge in [-0.2, -0.15) is 0 Å². The lowest BCUT2D eigenvalue weighted by molar-refractivity contribution is 0.0980. The molecular formula is C23H26N4O4S. The summed E-state index contributed by atoms with van der Waals surface area (Å²) in [4.78, 5) is 43.4. The maximum absolute atomic E-state index is 13.6. The van der Waals surface area contributed by atoms with Crippen LogP contribution in [0.1, 0.15) is 22.3 Å². The highest BCUT2D eigenvalue weighted by Crippen LogP contribution is 2.25. The van der Waals surface area contributed by atoms with E-state index < -0.39 is 11.2 Å². The summed E-state index contributed by atoms with van der Waals surface area (Å²) in [6.45, 7) is 0.762. The van der Waals surface area contributed by atoms with Gasteiger partial charge in [0, 0.05) is 25.2 Å². The molecule has 0 spiro atoms. The monoisotopic (exact) mass is 454 g/mol. The van der Waals surface area contributed by atoms with Crippen molar-refractivity contribution in [3.05, 3.63) is 86.6 Å². The van der Waals surface area contributed by atoms with E-state index in [1.807, 2.05) is 48.7 Å². The van der Waals surface area contributed by atoms with Crippen molar-refractivity contribution in [2.75, 3.05) is 37.2 Å². The van der Waals surface area contributed by atoms with Crippen molar-refractivity contribution >= 4 is 29.2 Å². The molecule has 32 heavy (non-hydrogen) atoms. The molecule has 0 aliphatic rings. The number of hydrogen-bond acceptors (Lipinski definition) is 6. The summed E-state index contributed by atoms with van der Waals surface area (Å²) in [5, 5.41) is 0. The number of ether oxygens (including phenoxy) is 1. The first-order valence-corrected chi connectivity index (χ1v) is 11.3. The Morgan fingerprint density at radius 3 is 2.50 bits per heavy atom. The smallest absolute Gasteiger partial charge is 0.330 e. The molecule has 0 fully saturated rings. The number of carbonyl (C=O) groups is 1. The summed E-state index contributed by atoms with van der Waals surface area (Å²) in [7, 11) is 1.57. The van der Waals surface area contributed by atoms with E-state index in [0.29, 0.717) is 18.6 Å². The first-order chi connectivity index (χ1) is 15.5. The zero-order valence-electron chi connectivity index (χ0n) is 18.0. The van der Waals surface area contributed by atoms with Gasteiger partial charge in [0.25, 0.3) is 11.5 Å². The Morgan fingerprint density at radius 2 is 1.81 bits per heavy atom. The van der Waals surface area contributed by atoms with Crippen molar-refractivity contribution in [2.24, 2.45) is 0 Å². The fourth-order valence-electron chi connectivity index (χ4n) is 3.41. The van der Waals surface area contributed by atoms with Crippen molar-refractivity contribution in [1.82, 2.24) is 9.55 Å². The standard InChI is InChI=1S/C23H26N4O4S/c1-31-14-8-13-26(22(29)17-11-6-7-12-18(17)32-2)19-20(24)27(23(30)25-21(19)28)15-16-9-4-3-5-10-16/h3-7,9-12H,8,13-15,24H2,1-2H3,(H,25,28,30). The average Bonchev–Trinajstić information content (AvgIpc) is 2.81. The number of nitrogens with two attached hydrogens (primary N) is 1. The molecule has 0 saturated carbocycles. The van der Waals surface area contributed by atoms with Crippen LogP contribution in [0.15, 0.2) is 69.1 Å². The highest BCUT2D eigenvalue weighted by atomic mass is 32.2. The highest BCUT2D eigenvalue weighted by molar-refractivity contribution is 7.98. The third-order valence-corrected chi connectivity index (χ3v) is 5.78. The molecule has 1 heterocycles. The Labute approximate surface area is 190 Å². The number of hydrogen-bond donors (Lipinski definition) is 2. The number of nitrogens with zero attached hydrogens (tertiary/aromatic N) is 2. The van der Waals surface area contributed by atoms with E-state index in [2.05, 4.69) is 4.98 Å². The molecule has 0 aliphatic heterocycles. The lowest BCUT2D eigenvalue weighted by atomic mass is 10.1. The molecule has 9 heteroatoms. The number of aromatic nitrogens is 2. The molecule has 0 unspecified atom stereocenters. The van der Waals surface area contributed by atoms with E-state index in [1.54, 1.807) is 19.2 Å². The van der Waals surface area contributed by atoms with Gasteiger partial charge in [0.1, 0.15) is 5.82 Å². The van der Waals surface area contributed by atoms with Crippen LogP contribution in [0.4, 0.5) is 11.5 Å². The van der Waals surface area contributed by atoms with Gasteiger partial charge < -0.3 is 15.4 Å². The number of amides is 1. The first-order valence-electron chi connectivity index (χ1n) is 10.1. The number of methoxy groups -OCH3 is 1. The minimum atomic E-state index is -0.704. The zero-order valence-corrected chi connectivity index (χ0v) is 18.9. The largest absolute Gasteiger partial charge is 0.385 e. The summed E-state index contributed by atoms with van der Waals surface area (Å²) >= 11 is 1.44. The van der Waals surface area contributed by atoms with Crippen LogP contribution in [0, 0.1) is 0 Å². The lowest BCUT2D eigenvalue weighted by Crippen LogP contribution is -2.42. The van der Waals surface area contributed by atoms with Crippen LogP contribution in [0.2, 0.25) is 0 Å². The number of thioether (sulfide) groups is 1. The van der Waals surface area contributed by atoms with E-state index in [4.69, 9.17) is 10.5 Å². The Balaban J connectivity index is 2.11. The summed E-state index contributed by atoms with van der Waals surface area (Å²) in [6, 6.07) is 16.4. The van der Waals surface area contributed by atoms with Crippen LogP contribution in [-0.2, 0) is 11.3 Å². The highest BCUT2D eigenvalue weighted by Gasteiger charge is 2.26. The Kier molecular flexibility index (Phi) is 7.91. The molecule has 0 aliphatic carbocycles. The van der Waals surface area contributed by atoms with Gasteiger partial charge in [-0.3, -0.25) is 19.1 Å². The lowest BCUT2D eigenvalue weighted by Gasteiger charge is -2.25. The van der Waals surface area contributed by atoms with Gasteiger partial charge in [-0.1, -0.05) is 42.5 Å². The van der Waals surface area contributed by atoms with Crippen LogP contribution in [0.5, 0.6) is 0 Å². The second-order valence-electron chi connectivity index (χ2n) is 7.07. The fraction of sp³-hybridized carbons (Fsp3) is 0.261. The quantitative estimate of drug-likeness (QED) is 0.380. The van der Waals surface area contributed by atoms with Gasteiger partial charge in [0.15, 0.2) is 5.69 Å². The Hall–Kier alpha value is -3.30. The molecule has 1 aromatic heterocycles. The number of carbonyl (C=O) groups excluding carboxylic acids is 1. The van der Waals surface area contributed by atoms with Crippen LogP contribution in [0.3, 0.4) is 0 Å². The van der Waals surface area contributed by atoms with Crippen LogP contribution in [0.25, 0.3) is 0 Å². The molecule has 3 N–H and O–H groups in total. The number of anilines is 2. The van der Waals surface area contributed by atoms with Crippen LogP contribution >= 0.6 is 11.8 Å². The number of benzene rings is 2. The van der Waals surface area contributed by atoms with E-state index >= 15 is 0 Å². The van der Waals surface area contributed by atoms with E-state index in [-0.39, 0.29) is 30.5 Å². The fourth-order valence-corrected chi connectivity index (χ4v) is 4.00. The molecule has 1 amide bonds. The summed E-state index contributed by atoms with van der Waals surface area (Å²) in [5.41, 5.74) is 6.25. The molecule has 0 bridgehead atoms. The maximum atomic E-state index is 13.6. The van der Waals surface area contributed by atoms with Crippen molar-refractivity contribution in [3.8, 4) is 0 Å². The third-order valence-electron chi connectivity index (χ3n) is 4.98. The van der Waals surface area contributed by atoms with Crippen molar-refractivity contribution in [2.45, 2.75) is 17.9 Å². The Bertz CT molecular complexity index is 1190. The molecular weight excluding hydrogens is 428 g/mol. The second-order valence-corrected chi connectivity index (χ2v) is 7.92. The van der Waals surface area contributed by atoms with Crippen LogP contribution in [-0.4, -0.2) is 42.0 Å². The SMILES string of the molecule is COCCCN(C(=O)c1ccccc1SC)c1c(N)n(Cc2ccccc2)c(=O)[nH]c1=O. The molecule has 8 nitrogen and oxygen atoms in total. The number of nitrogen functional groups attached to an aromatic ring is 1. The van der Waals surface area contributed by atoms with Crippen molar-refractivity contribution < 1.29 is 9.53 Å². The number of aromatic amines is 1. The van der Waals surface area contributed by atoms with Gasteiger partial charge in [0.05, 0.1) is 12.1 Å². The molecule has 168 valence electrons. The third kappa shape index (κ3) is 5.12. The predicted molar refractivity (Wildman–Crippen MR) is 128 cm³/mol. The topological polar surface area (TPSA) is 110 Å². The number of H-pyrrole nitrogens is 1. The minimum Gasteiger partial charge on any atom is -0.385 e. The summed E-state index contributed by atoms with van der Waals surface area (Å²) < 4.78 is 6.39. The summed E-state index contributed by atoms with van der Waals surface area (Å²) in [6.07, 6.45) is 2.36. The van der Waals surface area contributed by atoms with Gasteiger partial charge in [-0.15, -0.1) is 11.8 Å². The number of rotatable bonds is 9. The van der Waals surface area contributed by atoms with Gasteiger partial charge >= 0.3 is 5.69 Å². The second kappa shape index (κ2) is 10.8. The predicted octanol–water partition coefficient (Wildman–Crippen LogP) is 2.57. The normalized spacial score (nSPS) is 10.8. The van der Waals surface area contributed by atoms with Crippen molar-refractivity contribution in [1.29, 1.82) is 0 Å². The van der Waals surface area contributed by atoms with Gasteiger partial charge in [-0.25, -0.2) is 4.79 Å². The van der Waals surface area contributed by atoms with Crippen LogP contribution < -0.4 is 21.9 Å². The molecule has 0 radical (unpaired) electrons. The van der Waals surface area contributed by atoms with E-state index in [0.717, 1.165) is 10.5 Å². The zero-order chi connectivity index (χ0) is 23.1. The molecule has 3 rings (SSSR count). The van der Waals surface area contributed by atoms with Crippen molar-refractivity contribution in [3.63, 3.8) is 0 Å². The molecule has 3 aromatic rings. The average molecular weight is 455 g/mol. The number of nitrogens with one attached hydrogen (secondary N) is 1. The van der Waals surface area contributed by atoms with Gasteiger partial charge in [0.2, 0.25) is 0 Å².